The highest BCUT2D eigenvalue weighted by atomic mass is 16.6. The number of nitro groups is 2. The van der Waals surface area contributed by atoms with E-state index in [1.54, 1.807) is 37.3 Å². The van der Waals surface area contributed by atoms with Gasteiger partial charge in [-0.15, -0.1) is 0 Å². The van der Waals surface area contributed by atoms with E-state index in [4.69, 9.17) is 0 Å². The Hall–Kier alpha value is -3.62. The Morgan fingerprint density at radius 2 is 1.67 bits per heavy atom. The molecule has 1 heterocycles. The van der Waals surface area contributed by atoms with Crippen molar-refractivity contribution in [1.29, 1.82) is 0 Å². The minimum Gasteiger partial charge on any atom is -0.268 e. The SMILES string of the molecule is Cc1nc2ccc([N+](=O)[O-])c([N+](=O)[O-])c2c(=O)n1-c1ccccc1. The lowest BCUT2D eigenvalue weighted by molar-refractivity contribution is -0.421. The normalized spacial score (nSPS) is 10.7. The fourth-order valence-corrected chi connectivity index (χ4v) is 2.57. The molecular weight excluding hydrogens is 316 g/mol. The summed E-state index contributed by atoms with van der Waals surface area (Å²) < 4.78 is 1.19. The molecule has 2 aromatic carbocycles. The Kier molecular flexibility index (Phi) is 3.53. The molecule has 0 saturated carbocycles. The summed E-state index contributed by atoms with van der Waals surface area (Å²) in [6.07, 6.45) is 0. The molecule has 0 saturated heterocycles. The summed E-state index contributed by atoms with van der Waals surface area (Å²) in [5.41, 5.74) is -1.80. The van der Waals surface area contributed by atoms with Gasteiger partial charge in [0, 0.05) is 6.07 Å². The van der Waals surface area contributed by atoms with Crippen LogP contribution in [-0.4, -0.2) is 19.4 Å². The summed E-state index contributed by atoms with van der Waals surface area (Å²) in [6, 6.07) is 10.7. The number of para-hydroxylation sites is 1. The molecule has 0 aliphatic rings. The van der Waals surface area contributed by atoms with Crippen LogP contribution in [0.4, 0.5) is 11.4 Å². The van der Waals surface area contributed by atoms with Crippen molar-refractivity contribution in [1.82, 2.24) is 9.55 Å². The van der Waals surface area contributed by atoms with Crippen molar-refractivity contribution in [3.63, 3.8) is 0 Å². The smallest absolute Gasteiger partial charge is 0.268 e. The van der Waals surface area contributed by atoms with Gasteiger partial charge in [0.05, 0.1) is 21.1 Å². The molecule has 0 fully saturated rings. The number of aromatic nitrogens is 2. The third-order valence-corrected chi connectivity index (χ3v) is 3.55. The lowest BCUT2D eigenvalue weighted by Gasteiger charge is -2.10. The van der Waals surface area contributed by atoms with Crippen molar-refractivity contribution in [3.05, 3.63) is 78.9 Å². The molecule has 0 unspecified atom stereocenters. The fraction of sp³-hybridized carbons (Fsp3) is 0.0667. The molecule has 9 heteroatoms. The number of nitro benzene ring substituents is 2. The van der Waals surface area contributed by atoms with Crippen LogP contribution < -0.4 is 5.56 Å². The molecular formula is C15H10N4O5. The van der Waals surface area contributed by atoms with Gasteiger partial charge in [0.2, 0.25) is 0 Å². The van der Waals surface area contributed by atoms with Gasteiger partial charge in [0.1, 0.15) is 5.82 Å². The van der Waals surface area contributed by atoms with E-state index < -0.39 is 26.8 Å². The first kappa shape index (κ1) is 15.3. The fourth-order valence-electron chi connectivity index (χ4n) is 2.57. The van der Waals surface area contributed by atoms with Crippen molar-refractivity contribution >= 4 is 22.3 Å². The number of fused-ring (bicyclic) bond motifs is 1. The molecule has 3 aromatic rings. The van der Waals surface area contributed by atoms with Crippen molar-refractivity contribution in [2.45, 2.75) is 6.92 Å². The lowest BCUT2D eigenvalue weighted by Crippen LogP contribution is -2.23. The molecule has 0 N–H and O–H groups in total. The van der Waals surface area contributed by atoms with E-state index in [0.717, 1.165) is 6.07 Å². The maximum absolute atomic E-state index is 12.8. The predicted molar refractivity (Wildman–Crippen MR) is 85.4 cm³/mol. The zero-order valence-electron chi connectivity index (χ0n) is 12.4. The van der Waals surface area contributed by atoms with Crippen molar-refractivity contribution < 1.29 is 9.85 Å². The summed E-state index contributed by atoms with van der Waals surface area (Å²) in [5, 5.41) is 22.0. The number of rotatable bonds is 3. The number of aryl methyl sites for hydroxylation is 1. The summed E-state index contributed by atoms with van der Waals surface area (Å²) in [5.74, 6) is 0.321. The van der Waals surface area contributed by atoms with E-state index in [9.17, 15) is 25.0 Å². The van der Waals surface area contributed by atoms with Gasteiger partial charge >= 0.3 is 11.4 Å². The molecule has 0 aliphatic heterocycles. The molecule has 0 amide bonds. The maximum Gasteiger partial charge on any atom is 0.360 e. The first-order valence-electron chi connectivity index (χ1n) is 6.82. The van der Waals surface area contributed by atoms with E-state index >= 15 is 0 Å². The van der Waals surface area contributed by atoms with Gasteiger partial charge in [-0.1, -0.05) is 18.2 Å². The molecule has 0 radical (unpaired) electrons. The van der Waals surface area contributed by atoms with Gasteiger partial charge < -0.3 is 0 Å². The zero-order valence-corrected chi connectivity index (χ0v) is 12.4. The predicted octanol–water partition coefficient (Wildman–Crippen LogP) is 2.51. The molecule has 0 aliphatic carbocycles. The standard InChI is InChI=1S/C15H10N4O5/c1-9-16-11-7-8-12(18(21)22)14(19(23)24)13(11)15(20)17(9)10-5-3-2-4-6-10/h2-8H,1H3. The Labute approximate surface area is 134 Å². The van der Waals surface area contributed by atoms with Crippen LogP contribution in [0, 0.1) is 27.2 Å². The minimum absolute atomic E-state index is 0.0435. The summed E-state index contributed by atoms with van der Waals surface area (Å²) in [6.45, 7) is 1.58. The highest BCUT2D eigenvalue weighted by Gasteiger charge is 2.30. The molecule has 9 nitrogen and oxygen atoms in total. The second-order valence-electron chi connectivity index (χ2n) is 4.98. The topological polar surface area (TPSA) is 121 Å². The first-order chi connectivity index (χ1) is 11.4. The Morgan fingerprint density at radius 3 is 2.25 bits per heavy atom. The molecule has 120 valence electrons. The van der Waals surface area contributed by atoms with Gasteiger partial charge in [-0.25, -0.2) is 4.98 Å². The molecule has 24 heavy (non-hydrogen) atoms. The Balaban J connectivity index is 2.51. The molecule has 1 aromatic heterocycles. The third-order valence-electron chi connectivity index (χ3n) is 3.55. The number of benzene rings is 2. The van der Waals surface area contributed by atoms with E-state index in [1.807, 2.05) is 0 Å². The van der Waals surface area contributed by atoms with E-state index in [-0.39, 0.29) is 10.9 Å². The van der Waals surface area contributed by atoms with Gasteiger partial charge in [-0.2, -0.15) is 0 Å². The monoisotopic (exact) mass is 326 g/mol. The van der Waals surface area contributed by atoms with Crippen LogP contribution in [-0.2, 0) is 0 Å². The van der Waals surface area contributed by atoms with Gasteiger partial charge in [0.15, 0.2) is 5.39 Å². The highest BCUT2D eigenvalue weighted by molar-refractivity contribution is 5.92. The van der Waals surface area contributed by atoms with Crippen molar-refractivity contribution in [3.8, 4) is 5.69 Å². The second-order valence-corrected chi connectivity index (χ2v) is 4.98. The average molecular weight is 326 g/mol. The average Bonchev–Trinajstić information content (AvgIpc) is 2.54. The number of hydrogen-bond donors (Lipinski definition) is 0. The summed E-state index contributed by atoms with van der Waals surface area (Å²) in [4.78, 5) is 37.7. The highest BCUT2D eigenvalue weighted by Crippen LogP contribution is 2.32. The van der Waals surface area contributed by atoms with E-state index in [2.05, 4.69) is 4.98 Å². The minimum atomic E-state index is -0.922. The largest absolute Gasteiger partial charge is 0.360 e. The van der Waals surface area contributed by atoms with E-state index in [1.165, 1.54) is 10.6 Å². The lowest BCUT2D eigenvalue weighted by atomic mass is 10.1. The van der Waals surface area contributed by atoms with Crippen LogP contribution in [0.2, 0.25) is 0 Å². The van der Waals surface area contributed by atoms with Crippen LogP contribution in [0.5, 0.6) is 0 Å². The zero-order chi connectivity index (χ0) is 17.4. The van der Waals surface area contributed by atoms with Gasteiger partial charge in [-0.05, 0) is 25.1 Å². The van der Waals surface area contributed by atoms with Crippen LogP contribution in [0.3, 0.4) is 0 Å². The number of hydrogen-bond acceptors (Lipinski definition) is 6. The Morgan fingerprint density at radius 1 is 1.00 bits per heavy atom. The number of nitrogens with zero attached hydrogens (tertiary/aromatic N) is 4. The molecule has 0 spiro atoms. The van der Waals surface area contributed by atoms with Crippen LogP contribution >= 0.6 is 0 Å². The quantitative estimate of drug-likeness (QED) is 0.538. The van der Waals surface area contributed by atoms with Crippen LogP contribution in [0.1, 0.15) is 5.82 Å². The molecule has 0 atom stereocenters. The summed E-state index contributed by atoms with van der Waals surface area (Å²) in [7, 11) is 0. The second kappa shape index (κ2) is 5.54. The first-order valence-corrected chi connectivity index (χ1v) is 6.82. The summed E-state index contributed by atoms with van der Waals surface area (Å²) >= 11 is 0. The van der Waals surface area contributed by atoms with Gasteiger partial charge in [0.25, 0.3) is 5.56 Å². The third kappa shape index (κ3) is 2.28. The Bertz CT molecular complexity index is 1040. The molecule has 3 rings (SSSR count). The van der Waals surface area contributed by atoms with Crippen LogP contribution in [0.15, 0.2) is 47.3 Å². The van der Waals surface area contributed by atoms with E-state index in [0.29, 0.717) is 11.5 Å². The molecule has 0 bridgehead atoms. The van der Waals surface area contributed by atoms with Crippen molar-refractivity contribution in [2.75, 3.05) is 0 Å². The van der Waals surface area contributed by atoms with Gasteiger partial charge in [-0.3, -0.25) is 29.6 Å². The van der Waals surface area contributed by atoms with Crippen molar-refractivity contribution in [2.24, 2.45) is 0 Å². The maximum atomic E-state index is 12.8. The van der Waals surface area contributed by atoms with Crippen LogP contribution in [0.25, 0.3) is 16.6 Å².